The summed E-state index contributed by atoms with van der Waals surface area (Å²) in [5, 5.41) is 5.88. The minimum absolute atomic E-state index is 0.00294. The van der Waals surface area contributed by atoms with Crippen molar-refractivity contribution >= 4 is 23.2 Å². The second kappa shape index (κ2) is 15.9. The highest BCUT2D eigenvalue weighted by molar-refractivity contribution is 5.91. The lowest BCUT2D eigenvalue weighted by Crippen LogP contribution is -2.32. The summed E-state index contributed by atoms with van der Waals surface area (Å²) in [5.41, 5.74) is 1.56. The maximum absolute atomic E-state index is 12.5. The van der Waals surface area contributed by atoms with E-state index in [2.05, 4.69) is 22.5 Å². The molecule has 0 aliphatic rings. The summed E-state index contributed by atoms with van der Waals surface area (Å²) in [7, 11) is 1.62. The molecule has 0 fully saturated rings. The van der Waals surface area contributed by atoms with Crippen LogP contribution in [0, 0.1) is 0 Å². The Labute approximate surface area is 198 Å². The summed E-state index contributed by atoms with van der Waals surface area (Å²) in [5.74, 6) is 0.727. The van der Waals surface area contributed by atoms with Crippen molar-refractivity contribution in [2.45, 2.75) is 58.3 Å². The van der Waals surface area contributed by atoms with Gasteiger partial charge < -0.3 is 20.3 Å². The van der Waals surface area contributed by atoms with Crippen LogP contribution in [0.3, 0.4) is 0 Å². The van der Waals surface area contributed by atoms with Gasteiger partial charge in [-0.25, -0.2) is 0 Å². The van der Waals surface area contributed by atoms with Gasteiger partial charge in [-0.2, -0.15) is 0 Å². The highest BCUT2D eigenvalue weighted by Gasteiger charge is 2.11. The predicted molar refractivity (Wildman–Crippen MR) is 136 cm³/mol. The molecule has 0 aromatic heterocycles. The van der Waals surface area contributed by atoms with Crippen LogP contribution in [0.25, 0.3) is 0 Å². The summed E-state index contributed by atoms with van der Waals surface area (Å²) >= 11 is 0. The van der Waals surface area contributed by atoms with Crippen LogP contribution in [0.4, 0.5) is 11.4 Å². The summed E-state index contributed by atoms with van der Waals surface area (Å²) in [6, 6.07) is 16.8. The third-order valence-corrected chi connectivity index (χ3v) is 5.57. The number of carbonyl (C=O) groups is 2. The molecular formula is C27H39N3O3. The number of unbranched alkanes of at least 4 members (excludes halogenated alkanes) is 5. The number of anilines is 2. The van der Waals surface area contributed by atoms with Crippen LogP contribution in [-0.4, -0.2) is 43.5 Å². The molecule has 6 nitrogen and oxygen atoms in total. The van der Waals surface area contributed by atoms with Gasteiger partial charge in [-0.15, -0.1) is 0 Å². The summed E-state index contributed by atoms with van der Waals surface area (Å²) in [6.07, 6.45) is 8.12. The third kappa shape index (κ3) is 11.5. The van der Waals surface area contributed by atoms with Gasteiger partial charge in [0, 0.05) is 37.3 Å². The molecule has 0 spiro atoms. The first-order valence-corrected chi connectivity index (χ1v) is 12.1. The van der Waals surface area contributed by atoms with E-state index in [1.807, 2.05) is 54.6 Å². The Morgan fingerprint density at radius 2 is 1.27 bits per heavy atom. The van der Waals surface area contributed by atoms with Crippen molar-refractivity contribution < 1.29 is 14.3 Å². The second-order valence-electron chi connectivity index (χ2n) is 8.30. The smallest absolute Gasteiger partial charge is 0.225 e. The van der Waals surface area contributed by atoms with E-state index in [1.54, 1.807) is 7.11 Å². The third-order valence-electron chi connectivity index (χ3n) is 5.57. The summed E-state index contributed by atoms with van der Waals surface area (Å²) in [4.78, 5) is 27.1. The number of nitrogens with zero attached hydrogens (tertiary/aromatic N) is 1. The zero-order valence-electron chi connectivity index (χ0n) is 20.1. The highest BCUT2D eigenvalue weighted by atomic mass is 16.5. The lowest BCUT2D eigenvalue weighted by atomic mass is 10.1. The molecule has 0 aliphatic heterocycles. The number of hydrogen-bond acceptors (Lipinski definition) is 4. The van der Waals surface area contributed by atoms with Gasteiger partial charge in [-0.3, -0.25) is 9.59 Å². The van der Waals surface area contributed by atoms with E-state index in [4.69, 9.17) is 4.74 Å². The van der Waals surface area contributed by atoms with E-state index in [0.717, 1.165) is 30.1 Å². The van der Waals surface area contributed by atoms with E-state index in [9.17, 15) is 9.59 Å². The van der Waals surface area contributed by atoms with Gasteiger partial charge in [0.25, 0.3) is 0 Å². The van der Waals surface area contributed by atoms with Crippen molar-refractivity contribution in [3.63, 3.8) is 0 Å². The quantitative estimate of drug-likeness (QED) is 0.319. The fourth-order valence-electron chi connectivity index (χ4n) is 3.61. The van der Waals surface area contributed by atoms with Gasteiger partial charge in [0.2, 0.25) is 11.8 Å². The zero-order chi connectivity index (χ0) is 23.7. The predicted octanol–water partition coefficient (Wildman–Crippen LogP) is 5.72. The van der Waals surface area contributed by atoms with Crippen LogP contribution < -0.4 is 15.4 Å². The van der Waals surface area contributed by atoms with Crippen molar-refractivity contribution in [3.8, 4) is 5.75 Å². The molecular weight excluding hydrogens is 414 g/mol. The molecule has 2 N–H and O–H groups in total. The standard InChI is InChI=1S/C27H39N3O3/c1-3-4-5-6-7-11-20-30(21-18-26(31)28-23-12-9-8-10-13-23)22-19-27(32)29-24-14-16-25(33-2)17-15-24/h8-10,12-17H,3-7,11,18-22H2,1-2H3,(H,28,31)(H,29,32). The molecule has 6 heteroatoms. The van der Waals surface area contributed by atoms with Crippen LogP contribution in [0.15, 0.2) is 54.6 Å². The first kappa shape index (κ1) is 26.4. The minimum Gasteiger partial charge on any atom is -0.497 e. The number of rotatable bonds is 16. The van der Waals surface area contributed by atoms with Crippen LogP contribution in [-0.2, 0) is 9.59 Å². The molecule has 180 valence electrons. The van der Waals surface area contributed by atoms with Crippen LogP contribution in [0.2, 0.25) is 0 Å². The second-order valence-corrected chi connectivity index (χ2v) is 8.30. The van der Waals surface area contributed by atoms with E-state index in [1.165, 1.54) is 32.1 Å². The molecule has 2 rings (SSSR count). The Kier molecular flexibility index (Phi) is 12.7. The van der Waals surface area contributed by atoms with E-state index < -0.39 is 0 Å². The number of methoxy groups -OCH3 is 1. The minimum atomic E-state index is -0.0261. The number of benzene rings is 2. The Morgan fingerprint density at radius 1 is 0.727 bits per heavy atom. The monoisotopic (exact) mass is 453 g/mol. The number of hydrogen-bond donors (Lipinski definition) is 2. The summed E-state index contributed by atoms with van der Waals surface area (Å²) in [6.45, 7) is 4.40. The SMILES string of the molecule is CCCCCCCCN(CCC(=O)Nc1ccccc1)CCC(=O)Nc1ccc(OC)cc1. The van der Waals surface area contributed by atoms with E-state index >= 15 is 0 Å². The summed E-state index contributed by atoms with van der Waals surface area (Å²) < 4.78 is 5.15. The molecule has 0 unspecified atom stereocenters. The fourth-order valence-corrected chi connectivity index (χ4v) is 3.61. The van der Waals surface area contributed by atoms with Crippen LogP contribution in [0.5, 0.6) is 5.75 Å². The topological polar surface area (TPSA) is 70.7 Å². The highest BCUT2D eigenvalue weighted by Crippen LogP contribution is 2.15. The molecule has 33 heavy (non-hydrogen) atoms. The van der Waals surface area contributed by atoms with Crippen molar-refractivity contribution in [2.24, 2.45) is 0 Å². The number of nitrogens with one attached hydrogen (secondary N) is 2. The molecule has 0 radical (unpaired) electrons. The Bertz CT molecular complexity index is 809. The molecule has 0 saturated heterocycles. The molecule has 0 aliphatic carbocycles. The molecule has 2 aromatic carbocycles. The van der Waals surface area contributed by atoms with Gasteiger partial charge in [-0.1, -0.05) is 57.2 Å². The first-order valence-electron chi connectivity index (χ1n) is 12.1. The van der Waals surface area contributed by atoms with Crippen LogP contribution >= 0.6 is 0 Å². The van der Waals surface area contributed by atoms with Gasteiger partial charge in [0.05, 0.1) is 7.11 Å². The van der Waals surface area contributed by atoms with Crippen molar-refractivity contribution in [3.05, 3.63) is 54.6 Å². The Morgan fingerprint density at radius 3 is 1.85 bits per heavy atom. The fraction of sp³-hybridized carbons (Fsp3) is 0.481. The van der Waals surface area contributed by atoms with E-state index in [0.29, 0.717) is 25.9 Å². The number of para-hydroxylation sites is 1. The largest absolute Gasteiger partial charge is 0.497 e. The maximum Gasteiger partial charge on any atom is 0.225 e. The molecule has 0 atom stereocenters. The lowest BCUT2D eigenvalue weighted by molar-refractivity contribution is -0.116. The van der Waals surface area contributed by atoms with Crippen molar-refractivity contribution in [2.75, 3.05) is 37.4 Å². The molecule has 0 bridgehead atoms. The van der Waals surface area contributed by atoms with E-state index in [-0.39, 0.29) is 11.8 Å². The zero-order valence-corrected chi connectivity index (χ0v) is 20.1. The van der Waals surface area contributed by atoms with Gasteiger partial charge in [0.15, 0.2) is 0 Å². The number of ether oxygens (including phenoxy) is 1. The maximum atomic E-state index is 12.5. The molecule has 0 saturated carbocycles. The normalized spacial score (nSPS) is 10.8. The number of carbonyl (C=O) groups excluding carboxylic acids is 2. The Hall–Kier alpha value is -2.86. The van der Waals surface area contributed by atoms with Gasteiger partial charge in [-0.05, 0) is 49.4 Å². The van der Waals surface area contributed by atoms with Crippen LogP contribution in [0.1, 0.15) is 58.3 Å². The first-order chi connectivity index (χ1) is 16.1. The Balaban J connectivity index is 1.79. The van der Waals surface area contributed by atoms with Crippen molar-refractivity contribution in [1.29, 1.82) is 0 Å². The lowest BCUT2D eigenvalue weighted by Gasteiger charge is -2.22. The van der Waals surface area contributed by atoms with Gasteiger partial charge in [0.1, 0.15) is 5.75 Å². The average molecular weight is 454 g/mol. The van der Waals surface area contributed by atoms with Crippen molar-refractivity contribution in [1.82, 2.24) is 4.90 Å². The molecule has 0 heterocycles. The average Bonchev–Trinajstić information content (AvgIpc) is 2.83. The van der Waals surface area contributed by atoms with Gasteiger partial charge >= 0.3 is 0 Å². The number of amides is 2. The molecule has 2 amide bonds. The molecule has 2 aromatic rings.